The zero-order valence-electron chi connectivity index (χ0n) is 13.0. The summed E-state index contributed by atoms with van der Waals surface area (Å²) in [7, 11) is -3.75. The van der Waals surface area contributed by atoms with E-state index in [2.05, 4.69) is 20.2 Å². The molecule has 0 unspecified atom stereocenters. The van der Waals surface area contributed by atoms with Crippen molar-refractivity contribution >= 4 is 27.0 Å². The second-order valence-electron chi connectivity index (χ2n) is 5.00. The number of halogens is 3. The maximum absolute atomic E-state index is 13.4. The highest BCUT2D eigenvalue weighted by molar-refractivity contribution is 7.92. The van der Waals surface area contributed by atoms with Gasteiger partial charge in [0.25, 0.3) is 11.8 Å². The van der Waals surface area contributed by atoms with Crippen molar-refractivity contribution in [2.45, 2.75) is 13.0 Å². The van der Waals surface area contributed by atoms with Crippen LogP contribution in [0.1, 0.15) is 17.3 Å². The Hall–Kier alpha value is -2.54. The van der Waals surface area contributed by atoms with Gasteiger partial charge in [-0.25, -0.2) is 17.8 Å². The first-order chi connectivity index (χ1) is 12.2. The number of anilines is 1. The first-order valence-corrected chi connectivity index (χ1v) is 9.55. The second kappa shape index (κ2) is 6.99. The van der Waals surface area contributed by atoms with Crippen molar-refractivity contribution in [1.82, 2.24) is 20.2 Å². The van der Waals surface area contributed by atoms with Gasteiger partial charge in [-0.2, -0.15) is 8.78 Å². The Labute approximate surface area is 149 Å². The van der Waals surface area contributed by atoms with Crippen molar-refractivity contribution < 1.29 is 26.0 Å². The summed E-state index contributed by atoms with van der Waals surface area (Å²) < 4.78 is 68.2. The monoisotopic (exact) mass is 405 g/mol. The Bertz CT molecular complexity index is 1020. The lowest BCUT2D eigenvalue weighted by atomic mass is 10.4. The van der Waals surface area contributed by atoms with E-state index in [0.717, 1.165) is 34.2 Å². The summed E-state index contributed by atoms with van der Waals surface area (Å²) in [6, 6.07) is 1.02. The van der Waals surface area contributed by atoms with Gasteiger partial charge >= 0.3 is 6.43 Å². The Morgan fingerprint density at radius 2 is 2.04 bits per heavy atom. The van der Waals surface area contributed by atoms with Crippen LogP contribution in [-0.2, 0) is 16.6 Å². The maximum atomic E-state index is 13.4. The van der Waals surface area contributed by atoms with Crippen LogP contribution in [0.25, 0.3) is 10.8 Å². The molecule has 26 heavy (non-hydrogen) atoms. The number of nitrogens with zero attached hydrogens (tertiary/aromatic N) is 5. The zero-order chi connectivity index (χ0) is 18.9. The first kappa shape index (κ1) is 18.3. The van der Waals surface area contributed by atoms with Crippen molar-refractivity contribution in [1.29, 1.82) is 0 Å². The molecule has 3 heterocycles. The molecule has 0 radical (unpaired) electrons. The third-order valence-electron chi connectivity index (χ3n) is 3.05. The summed E-state index contributed by atoms with van der Waals surface area (Å²) in [5.74, 6) is -1.66. The number of rotatable bonds is 6. The third-order valence-corrected chi connectivity index (χ3v) is 5.16. The predicted molar refractivity (Wildman–Crippen MR) is 85.6 cm³/mol. The van der Waals surface area contributed by atoms with Gasteiger partial charge in [0.2, 0.25) is 10.0 Å². The Morgan fingerprint density at radius 3 is 2.65 bits per heavy atom. The van der Waals surface area contributed by atoms with E-state index in [1.807, 2.05) is 0 Å². The fourth-order valence-electron chi connectivity index (χ4n) is 1.96. The molecule has 0 saturated heterocycles. The molecule has 0 saturated carbocycles. The molecule has 138 valence electrons. The van der Waals surface area contributed by atoms with Crippen LogP contribution in [0.5, 0.6) is 0 Å². The Morgan fingerprint density at radius 1 is 1.27 bits per heavy atom. The number of sulfonamides is 1. The summed E-state index contributed by atoms with van der Waals surface area (Å²) in [5.41, 5.74) is 0.0297. The molecule has 0 spiro atoms. The molecule has 0 aromatic carbocycles. The molecule has 3 aromatic rings. The number of thiazole rings is 1. The van der Waals surface area contributed by atoms with E-state index in [4.69, 9.17) is 4.42 Å². The minimum atomic E-state index is -3.75. The van der Waals surface area contributed by atoms with Gasteiger partial charge in [0.1, 0.15) is 15.7 Å². The van der Waals surface area contributed by atoms with Gasteiger partial charge in [0, 0.05) is 6.07 Å². The van der Waals surface area contributed by atoms with Gasteiger partial charge in [0.05, 0.1) is 37.1 Å². The van der Waals surface area contributed by atoms with Crippen LogP contribution in [0.4, 0.5) is 18.9 Å². The highest BCUT2D eigenvalue weighted by Gasteiger charge is 2.22. The summed E-state index contributed by atoms with van der Waals surface area (Å²) in [4.78, 5) is 7.96. The van der Waals surface area contributed by atoms with Crippen LogP contribution in [0.2, 0.25) is 0 Å². The van der Waals surface area contributed by atoms with Crippen molar-refractivity contribution in [3.05, 3.63) is 41.4 Å². The van der Waals surface area contributed by atoms with Gasteiger partial charge in [-0.1, -0.05) is 0 Å². The van der Waals surface area contributed by atoms with Crippen LogP contribution in [0, 0.1) is 5.82 Å². The number of pyridine rings is 1. The van der Waals surface area contributed by atoms with Crippen LogP contribution in [0.3, 0.4) is 0 Å². The molecule has 0 bridgehead atoms. The molecule has 3 aromatic heterocycles. The van der Waals surface area contributed by atoms with Gasteiger partial charge < -0.3 is 4.42 Å². The van der Waals surface area contributed by atoms with E-state index in [1.54, 1.807) is 0 Å². The lowest BCUT2D eigenvalue weighted by Gasteiger charge is -2.20. The molecule has 0 aliphatic carbocycles. The number of aromatic nitrogens is 4. The molecule has 13 heteroatoms. The van der Waals surface area contributed by atoms with E-state index in [1.165, 1.54) is 12.4 Å². The maximum Gasteiger partial charge on any atom is 0.314 e. The third kappa shape index (κ3) is 3.99. The predicted octanol–water partition coefficient (Wildman–Crippen LogP) is 2.63. The van der Waals surface area contributed by atoms with E-state index in [0.29, 0.717) is 9.88 Å². The van der Waals surface area contributed by atoms with Crippen LogP contribution >= 0.6 is 11.3 Å². The van der Waals surface area contributed by atoms with Crippen LogP contribution in [0.15, 0.2) is 29.1 Å². The topological polar surface area (TPSA) is 102 Å². The molecule has 0 amide bonds. The van der Waals surface area contributed by atoms with Gasteiger partial charge in [0.15, 0.2) is 0 Å². The highest BCUT2D eigenvalue weighted by atomic mass is 32.2. The normalized spacial score (nSPS) is 11.9. The quantitative estimate of drug-likeness (QED) is 0.621. The lowest BCUT2D eigenvalue weighted by Crippen LogP contribution is -2.29. The fraction of sp³-hybridized carbons (Fsp3) is 0.231. The fourth-order valence-corrected chi connectivity index (χ4v) is 3.71. The minimum absolute atomic E-state index is 0.0297. The number of hydrogen-bond donors (Lipinski definition) is 0. The number of hydrogen-bond acceptors (Lipinski definition) is 8. The summed E-state index contributed by atoms with van der Waals surface area (Å²) >= 11 is 0.982. The van der Waals surface area contributed by atoms with E-state index >= 15 is 0 Å². The Kier molecular flexibility index (Phi) is 4.91. The zero-order valence-corrected chi connectivity index (χ0v) is 14.6. The van der Waals surface area contributed by atoms with Gasteiger partial charge in [-0.15, -0.1) is 21.5 Å². The first-order valence-electron chi connectivity index (χ1n) is 6.89. The largest absolute Gasteiger partial charge is 0.414 e. The summed E-state index contributed by atoms with van der Waals surface area (Å²) in [6.45, 7) is -0.204. The lowest BCUT2D eigenvalue weighted by molar-refractivity contribution is 0.116. The average molecular weight is 405 g/mol. The highest BCUT2D eigenvalue weighted by Crippen LogP contribution is 2.29. The van der Waals surface area contributed by atoms with E-state index in [-0.39, 0.29) is 18.1 Å². The van der Waals surface area contributed by atoms with Gasteiger partial charge in [-0.05, 0) is 0 Å². The molecule has 0 aliphatic rings. The molecule has 0 fully saturated rings. The summed E-state index contributed by atoms with van der Waals surface area (Å²) in [6.07, 6.45) is 1.50. The smallest absolute Gasteiger partial charge is 0.314 e. The van der Waals surface area contributed by atoms with E-state index in [9.17, 15) is 21.6 Å². The SMILES string of the molecule is CS(=O)(=O)N(Cc1ncc(-c2nnc(C(F)F)o2)s1)c1cncc(F)c1. The number of alkyl halides is 2. The second-order valence-corrected chi connectivity index (χ2v) is 8.02. The molecule has 8 nitrogen and oxygen atoms in total. The standard InChI is InChI=1S/C13H10F3N5O3S2/c1-26(22,23)21(8-2-7(14)3-17-4-8)6-10-18-5-9(25-10)12-19-20-13(24-12)11(15)16/h2-5,11H,6H2,1H3. The van der Waals surface area contributed by atoms with Crippen LogP contribution in [-0.4, -0.2) is 34.8 Å². The van der Waals surface area contributed by atoms with Crippen LogP contribution < -0.4 is 4.31 Å². The van der Waals surface area contributed by atoms with Crippen molar-refractivity contribution in [3.8, 4) is 10.8 Å². The van der Waals surface area contributed by atoms with Crippen molar-refractivity contribution in [2.24, 2.45) is 0 Å². The van der Waals surface area contributed by atoms with E-state index < -0.39 is 28.2 Å². The molecule has 0 atom stereocenters. The molecule has 0 N–H and O–H groups in total. The van der Waals surface area contributed by atoms with Gasteiger partial charge in [-0.3, -0.25) is 9.29 Å². The summed E-state index contributed by atoms with van der Waals surface area (Å²) in [5, 5.41) is 7.03. The molecular formula is C13H10F3N5O3S2. The van der Waals surface area contributed by atoms with Crippen molar-refractivity contribution in [2.75, 3.05) is 10.6 Å². The molecule has 3 rings (SSSR count). The van der Waals surface area contributed by atoms with Crippen molar-refractivity contribution in [3.63, 3.8) is 0 Å². The Balaban J connectivity index is 1.87. The molecule has 0 aliphatic heterocycles. The molecular weight excluding hydrogens is 395 g/mol. The minimum Gasteiger partial charge on any atom is -0.414 e. The average Bonchev–Trinajstić information content (AvgIpc) is 3.20.